The van der Waals surface area contributed by atoms with Crippen LogP contribution in [0.2, 0.25) is 0 Å². The molecule has 1 atom stereocenters. The van der Waals surface area contributed by atoms with E-state index < -0.39 is 23.8 Å². The van der Waals surface area contributed by atoms with Gasteiger partial charge in [0.1, 0.15) is 6.04 Å². The fraction of sp³-hybridized carbons (Fsp3) is 0.286. The number of imide groups is 1. The van der Waals surface area contributed by atoms with Gasteiger partial charge in [0.15, 0.2) is 0 Å². The molecule has 0 aliphatic carbocycles. The smallest absolute Gasteiger partial charge is 0.276 e. The Balaban J connectivity index is 2.64. The number of rotatable bonds is 2. The monoisotopic (exact) mass is 184 g/mol. The summed E-state index contributed by atoms with van der Waals surface area (Å²) in [6, 6.07) is -0.969. The minimum atomic E-state index is -0.969. The molecule has 0 aromatic rings. The van der Waals surface area contributed by atoms with Gasteiger partial charge in [-0.2, -0.15) is 5.06 Å². The fourth-order valence-electron chi connectivity index (χ4n) is 0.962. The van der Waals surface area contributed by atoms with Gasteiger partial charge in [0, 0.05) is 0 Å². The van der Waals surface area contributed by atoms with Gasteiger partial charge in [-0.15, -0.1) is 0 Å². The zero-order chi connectivity index (χ0) is 10.0. The third-order valence-electron chi connectivity index (χ3n) is 1.62. The highest BCUT2D eigenvalue weighted by Gasteiger charge is 2.38. The quantitative estimate of drug-likeness (QED) is 0.321. The molecule has 6 nitrogen and oxygen atoms in total. The van der Waals surface area contributed by atoms with Gasteiger partial charge in [-0.05, 0) is 6.08 Å². The molecule has 2 N–H and O–H groups in total. The first kappa shape index (κ1) is 9.40. The van der Waals surface area contributed by atoms with E-state index >= 15 is 0 Å². The number of amides is 3. The molecule has 13 heavy (non-hydrogen) atoms. The molecule has 1 fully saturated rings. The van der Waals surface area contributed by atoms with E-state index in [-0.39, 0.29) is 11.5 Å². The molecule has 0 aromatic heterocycles. The normalized spacial score (nSPS) is 21.9. The predicted molar refractivity (Wildman–Crippen MR) is 40.4 cm³/mol. The Labute approximate surface area is 73.8 Å². The number of nitrogens with one attached hydrogen (secondary N) is 1. The Bertz CT molecular complexity index is 286. The molecule has 1 heterocycles. The molecule has 1 saturated heterocycles. The topological polar surface area (TPSA) is 86.7 Å². The SMILES string of the molecule is C=CC(=O)NC1CC(=O)N(O)C1=O. The van der Waals surface area contributed by atoms with E-state index in [2.05, 4.69) is 11.9 Å². The summed E-state index contributed by atoms with van der Waals surface area (Å²) in [7, 11) is 0. The van der Waals surface area contributed by atoms with Crippen molar-refractivity contribution in [2.24, 2.45) is 0 Å². The van der Waals surface area contributed by atoms with Crippen molar-refractivity contribution in [1.29, 1.82) is 0 Å². The Hall–Kier alpha value is -1.69. The molecule has 6 heteroatoms. The summed E-state index contributed by atoms with van der Waals surface area (Å²) in [5.74, 6) is -2.10. The van der Waals surface area contributed by atoms with Crippen LogP contribution in [0.25, 0.3) is 0 Å². The van der Waals surface area contributed by atoms with E-state index in [1.54, 1.807) is 0 Å². The van der Waals surface area contributed by atoms with Crippen LogP contribution in [0.3, 0.4) is 0 Å². The molecule has 0 aromatic carbocycles. The molecule has 0 bridgehead atoms. The second-order valence-electron chi connectivity index (χ2n) is 2.51. The van der Waals surface area contributed by atoms with E-state index in [0.717, 1.165) is 6.08 Å². The van der Waals surface area contributed by atoms with Crippen LogP contribution in [0.4, 0.5) is 0 Å². The number of hydroxylamine groups is 2. The van der Waals surface area contributed by atoms with Crippen LogP contribution in [-0.2, 0) is 14.4 Å². The van der Waals surface area contributed by atoms with Crippen LogP contribution in [0.5, 0.6) is 0 Å². The molecule has 0 spiro atoms. The van der Waals surface area contributed by atoms with Gasteiger partial charge < -0.3 is 5.32 Å². The second kappa shape index (κ2) is 3.36. The Morgan fingerprint density at radius 2 is 2.31 bits per heavy atom. The zero-order valence-corrected chi connectivity index (χ0v) is 6.69. The highest BCUT2D eigenvalue weighted by molar-refractivity contribution is 6.06. The summed E-state index contributed by atoms with van der Waals surface area (Å²) >= 11 is 0. The van der Waals surface area contributed by atoms with Crippen molar-refractivity contribution in [1.82, 2.24) is 10.4 Å². The van der Waals surface area contributed by atoms with Gasteiger partial charge in [0.25, 0.3) is 11.8 Å². The van der Waals surface area contributed by atoms with Crippen molar-refractivity contribution >= 4 is 17.7 Å². The summed E-state index contributed by atoms with van der Waals surface area (Å²) in [6.45, 7) is 3.18. The first-order chi connectivity index (χ1) is 6.06. The summed E-state index contributed by atoms with van der Waals surface area (Å²) < 4.78 is 0. The molecule has 1 aliphatic heterocycles. The number of nitrogens with zero attached hydrogens (tertiary/aromatic N) is 1. The molecule has 3 amide bonds. The van der Waals surface area contributed by atoms with Crippen molar-refractivity contribution in [3.8, 4) is 0 Å². The minimum absolute atomic E-state index is 0.00797. The maximum Gasteiger partial charge on any atom is 0.276 e. The van der Waals surface area contributed by atoms with E-state index in [4.69, 9.17) is 5.21 Å². The number of carbonyl (C=O) groups excluding carboxylic acids is 3. The number of hydrogen-bond donors (Lipinski definition) is 2. The largest absolute Gasteiger partial charge is 0.340 e. The van der Waals surface area contributed by atoms with E-state index in [9.17, 15) is 14.4 Å². The lowest BCUT2D eigenvalue weighted by atomic mass is 10.2. The van der Waals surface area contributed by atoms with Crippen molar-refractivity contribution in [3.05, 3.63) is 12.7 Å². The average Bonchev–Trinajstić information content (AvgIpc) is 2.34. The first-order valence-corrected chi connectivity index (χ1v) is 3.55. The molecule has 1 unspecified atom stereocenters. The van der Waals surface area contributed by atoms with Crippen molar-refractivity contribution in [3.63, 3.8) is 0 Å². The Morgan fingerprint density at radius 3 is 2.69 bits per heavy atom. The number of carbonyl (C=O) groups is 3. The van der Waals surface area contributed by atoms with Gasteiger partial charge in [0.05, 0.1) is 6.42 Å². The average molecular weight is 184 g/mol. The molecule has 70 valence electrons. The second-order valence-corrected chi connectivity index (χ2v) is 2.51. The van der Waals surface area contributed by atoms with E-state index in [1.165, 1.54) is 0 Å². The predicted octanol–water partition coefficient (Wildman–Crippen LogP) is -1.19. The molecule has 0 radical (unpaired) electrons. The van der Waals surface area contributed by atoms with Gasteiger partial charge >= 0.3 is 0 Å². The lowest BCUT2D eigenvalue weighted by Gasteiger charge is -2.07. The summed E-state index contributed by atoms with van der Waals surface area (Å²) in [4.78, 5) is 32.4. The Kier molecular flexibility index (Phi) is 2.43. The minimum Gasteiger partial charge on any atom is -0.340 e. The zero-order valence-electron chi connectivity index (χ0n) is 6.69. The maximum absolute atomic E-state index is 11.0. The van der Waals surface area contributed by atoms with Crippen molar-refractivity contribution < 1.29 is 19.6 Å². The highest BCUT2D eigenvalue weighted by atomic mass is 16.5. The molecular formula is C7H8N2O4. The van der Waals surface area contributed by atoms with E-state index in [0.29, 0.717) is 0 Å². The molecule has 1 aliphatic rings. The highest BCUT2D eigenvalue weighted by Crippen LogP contribution is 2.09. The fourth-order valence-corrected chi connectivity index (χ4v) is 0.962. The van der Waals surface area contributed by atoms with Crippen molar-refractivity contribution in [2.75, 3.05) is 0 Å². The summed E-state index contributed by atoms with van der Waals surface area (Å²) in [5.41, 5.74) is 0. The van der Waals surface area contributed by atoms with Gasteiger partial charge in [-0.3, -0.25) is 19.6 Å². The van der Waals surface area contributed by atoms with Gasteiger partial charge in [-0.25, -0.2) is 0 Å². The van der Waals surface area contributed by atoms with E-state index in [1.807, 2.05) is 0 Å². The molecule has 0 saturated carbocycles. The van der Waals surface area contributed by atoms with Gasteiger partial charge in [0.2, 0.25) is 5.91 Å². The van der Waals surface area contributed by atoms with Crippen LogP contribution < -0.4 is 5.32 Å². The summed E-state index contributed by atoms with van der Waals surface area (Å²) in [6.07, 6.45) is 0.771. The van der Waals surface area contributed by atoms with Crippen LogP contribution in [0.15, 0.2) is 12.7 Å². The standard InChI is InChI=1S/C7H8N2O4/c1-2-5(10)8-4-3-6(11)9(13)7(4)12/h2,4,13H,1,3H2,(H,8,10). The van der Waals surface area contributed by atoms with Crippen LogP contribution in [0, 0.1) is 0 Å². The molecular weight excluding hydrogens is 176 g/mol. The maximum atomic E-state index is 11.0. The van der Waals surface area contributed by atoms with Crippen LogP contribution in [-0.4, -0.2) is 34.0 Å². The van der Waals surface area contributed by atoms with Crippen LogP contribution in [0.1, 0.15) is 6.42 Å². The third-order valence-corrected chi connectivity index (χ3v) is 1.62. The summed E-state index contributed by atoms with van der Waals surface area (Å²) in [5, 5.41) is 11.0. The first-order valence-electron chi connectivity index (χ1n) is 3.55. The lowest BCUT2D eigenvalue weighted by Crippen LogP contribution is -2.39. The Morgan fingerprint density at radius 1 is 1.69 bits per heavy atom. The molecule has 1 rings (SSSR count). The third kappa shape index (κ3) is 1.73. The van der Waals surface area contributed by atoms with Crippen molar-refractivity contribution in [2.45, 2.75) is 12.5 Å². The number of hydrogen-bond acceptors (Lipinski definition) is 4. The lowest BCUT2D eigenvalue weighted by molar-refractivity contribution is -0.171. The van der Waals surface area contributed by atoms with Gasteiger partial charge in [-0.1, -0.05) is 6.58 Å². The van der Waals surface area contributed by atoms with Crippen LogP contribution >= 0.6 is 0 Å².